The van der Waals surface area contributed by atoms with Crippen molar-refractivity contribution in [1.29, 1.82) is 0 Å². The van der Waals surface area contributed by atoms with Gasteiger partial charge in [0.1, 0.15) is 0 Å². The average Bonchev–Trinajstić information content (AvgIpc) is 3.02. The zero-order chi connectivity index (χ0) is 13.9. The molecule has 0 aliphatic carbocycles. The summed E-state index contributed by atoms with van der Waals surface area (Å²) in [5.41, 5.74) is 6.59. The van der Waals surface area contributed by atoms with Gasteiger partial charge in [0.15, 0.2) is 0 Å². The maximum absolute atomic E-state index is 6.32. The summed E-state index contributed by atoms with van der Waals surface area (Å²) in [5, 5.41) is 0. The summed E-state index contributed by atoms with van der Waals surface area (Å²) in [6.45, 7) is 11.6. The van der Waals surface area contributed by atoms with E-state index in [1.165, 1.54) is 58.2 Å². The van der Waals surface area contributed by atoms with E-state index >= 15 is 0 Å². The second-order valence-electron chi connectivity index (χ2n) is 6.56. The van der Waals surface area contributed by atoms with Crippen LogP contribution in [-0.4, -0.2) is 53.6 Å². The van der Waals surface area contributed by atoms with Crippen LogP contribution in [0.4, 0.5) is 0 Å². The minimum Gasteiger partial charge on any atom is -0.329 e. The van der Waals surface area contributed by atoms with Crippen molar-refractivity contribution >= 4 is 0 Å². The minimum atomic E-state index is 0.265. The van der Waals surface area contributed by atoms with E-state index in [0.717, 1.165) is 12.6 Å². The molecule has 0 saturated carbocycles. The van der Waals surface area contributed by atoms with E-state index in [-0.39, 0.29) is 5.54 Å². The van der Waals surface area contributed by atoms with Gasteiger partial charge in [-0.1, -0.05) is 20.3 Å². The highest BCUT2D eigenvalue weighted by Gasteiger charge is 2.52. The van der Waals surface area contributed by atoms with Crippen molar-refractivity contribution in [2.45, 2.75) is 76.9 Å². The lowest BCUT2D eigenvalue weighted by atomic mass is 9.84. The van der Waals surface area contributed by atoms with Gasteiger partial charge in [-0.15, -0.1) is 0 Å². The molecule has 2 heterocycles. The molecule has 0 spiro atoms. The molecule has 0 aromatic carbocycles. The molecule has 112 valence electrons. The number of nitrogens with zero attached hydrogens (tertiary/aromatic N) is 2. The first kappa shape index (κ1) is 15.3. The Morgan fingerprint density at radius 3 is 2.79 bits per heavy atom. The Morgan fingerprint density at radius 1 is 1.37 bits per heavy atom. The van der Waals surface area contributed by atoms with Crippen molar-refractivity contribution in [3.63, 3.8) is 0 Å². The summed E-state index contributed by atoms with van der Waals surface area (Å²) in [4.78, 5) is 5.49. The van der Waals surface area contributed by atoms with Crippen molar-refractivity contribution in [2.75, 3.05) is 26.2 Å². The molecule has 3 unspecified atom stereocenters. The van der Waals surface area contributed by atoms with Gasteiger partial charge in [-0.2, -0.15) is 0 Å². The number of fused-ring (bicyclic) bond motifs is 1. The van der Waals surface area contributed by atoms with Gasteiger partial charge in [0.25, 0.3) is 0 Å². The van der Waals surface area contributed by atoms with Crippen LogP contribution in [0.1, 0.15) is 59.3 Å². The summed E-state index contributed by atoms with van der Waals surface area (Å²) >= 11 is 0. The van der Waals surface area contributed by atoms with Gasteiger partial charge in [-0.3, -0.25) is 9.80 Å². The molecule has 0 bridgehead atoms. The molecule has 2 aliphatic rings. The lowest BCUT2D eigenvalue weighted by Crippen LogP contribution is -2.62. The SMILES string of the molecule is CCCCN(C(C)CC)C1(CN)CCN2CCCC21. The first-order valence-corrected chi connectivity index (χ1v) is 8.40. The lowest BCUT2D eigenvalue weighted by Gasteiger charge is -2.48. The summed E-state index contributed by atoms with van der Waals surface area (Å²) in [6, 6.07) is 1.39. The lowest BCUT2D eigenvalue weighted by molar-refractivity contribution is 0.0290. The highest BCUT2D eigenvalue weighted by Crippen LogP contribution is 2.41. The fourth-order valence-corrected chi connectivity index (χ4v) is 4.33. The fraction of sp³-hybridized carbons (Fsp3) is 1.00. The summed E-state index contributed by atoms with van der Waals surface area (Å²) in [5.74, 6) is 0. The maximum Gasteiger partial charge on any atom is 0.0501 e. The van der Waals surface area contributed by atoms with Crippen LogP contribution in [0.25, 0.3) is 0 Å². The molecule has 2 saturated heterocycles. The van der Waals surface area contributed by atoms with Crippen LogP contribution < -0.4 is 5.73 Å². The number of hydrogen-bond acceptors (Lipinski definition) is 3. The predicted molar refractivity (Wildman–Crippen MR) is 82.4 cm³/mol. The van der Waals surface area contributed by atoms with Crippen LogP contribution >= 0.6 is 0 Å². The molecule has 3 atom stereocenters. The second-order valence-corrected chi connectivity index (χ2v) is 6.56. The van der Waals surface area contributed by atoms with E-state index in [2.05, 4.69) is 30.6 Å². The average molecular weight is 267 g/mol. The van der Waals surface area contributed by atoms with Crippen LogP contribution in [0.3, 0.4) is 0 Å². The van der Waals surface area contributed by atoms with Crippen molar-refractivity contribution < 1.29 is 0 Å². The number of hydrogen-bond donors (Lipinski definition) is 1. The van der Waals surface area contributed by atoms with Crippen molar-refractivity contribution in [3.8, 4) is 0 Å². The van der Waals surface area contributed by atoms with Crippen LogP contribution in [0.5, 0.6) is 0 Å². The fourth-order valence-electron chi connectivity index (χ4n) is 4.33. The third kappa shape index (κ3) is 2.70. The van der Waals surface area contributed by atoms with E-state index in [1.807, 2.05) is 0 Å². The Balaban J connectivity index is 2.20. The van der Waals surface area contributed by atoms with Gasteiger partial charge in [-0.25, -0.2) is 0 Å². The van der Waals surface area contributed by atoms with Crippen molar-refractivity contribution in [1.82, 2.24) is 9.80 Å². The number of rotatable bonds is 7. The first-order valence-electron chi connectivity index (χ1n) is 8.40. The molecule has 2 aliphatic heterocycles. The van der Waals surface area contributed by atoms with Crippen LogP contribution in [0, 0.1) is 0 Å². The van der Waals surface area contributed by atoms with Gasteiger partial charge in [0, 0.05) is 25.2 Å². The molecule has 0 amide bonds. The molecule has 2 rings (SSSR count). The van der Waals surface area contributed by atoms with Crippen LogP contribution in [0.2, 0.25) is 0 Å². The Hall–Kier alpha value is -0.120. The first-order chi connectivity index (χ1) is 9.19. The standard InChI is InChI=1S/C16H33N3/c1-4-6-11-19(14(3)5-2)16(13-17)9-12-18-10-7-8-15(16)18/h14-15H,4-13,17H2,1-3H3. The molecular formula is C16H33N3. The highest BCUT2D eigenvalue weighted by molar-refractivity contribution is 5.10. The zero-order valence-electron chi connectivity index (χ0n) is 13.2. The Labute approximate surface area is 119 Å². The topological polar surface area (TPSA) is 32.5 Å². The third-order valence-electron chi connectivity index (χ3n) is 5.62. The molecule has 3 heteroatoms. The molecule has 19 heavy (non-hydrogen) atoms. The zero-order valence-corrected chi connectivity index (χ0v) is 13.2. The van der Waals surface area contributed by atoms with E-state index in [9.17, 15) is 0 Å². The van der Waals surface area contributed by atoms with Crippen molar-refractivity contribution in [2.24, 2.45) is 5.73 Å². The summed E-state index contributed by atoms with van der Waals surface area (Å²) in [7, 11) is 0. The monoisotopic (exact) mass is 267 g/mol. The van der Waals surface area contributed by atoms with Crippen LogP contribution in [0.15, 0.2) is 0 Å². The van der Waals surface area contributed by atoms with Gasteiger partial charge >= 0.3 is 0 Å². The summed E-state index contributed by atoms with van der Waals surface area (Å²) in [6.07, 6.45) is 7.83. The second kappa shape index (κ2) is 6.55. The molecule has 0 aromatic heterocycles. The summed E-state index contributed by atoms with van der Waals surface area (Å²) < 4.78 is 0. The minimum absolute atomic E-state index is 0.265. The maximum atomic E-state index is 6.32. The molecule has 0 aromatic rings. The molecule has 0 radical (unpaired) electrons. The van der Waals surface area contributed by atoms with Gasteiger partial charge in [0.2, 0.25) is 0 Å². The molecule has 2 N–H and O–H groups in total. The van der Waals surface area contributed by atoms with E-state index in [4.69, 9.17) is 5.73 Å². The smallest absolute Gasteiger partial charge is 0.0501 e. The quantitative estimate of drug-likeness (QED) is 0.769. The molecule has 3 nitrogen and oxygen atoms in total. The number of nitrogens with two attached hydrogens (primary N) is 1. The normalized spacial score (nSPS) is 33.0. The largest absolute Gasteiger partial charge is 0.329 e. The van der Waals surface area contributed by atoms with Gasteiger partial charge in [-0.05, 0) is 52.1 Å². The molecule has 2 fully saturated rings. The molecular weight excluding hydrogens is 234 g/mol. The van der Waals surface area contributed by atoms with Gasteiger partial charge in [0.05, 0.1) is 5.54 Å². The number of unbranched alkanes of at least 4 members (excludes halogenated alkanes) is 1. The van der Waals surface area contributed by atoms with E-state index < -0.39 is 0 Å². The van der Waals surface area contributed by atoms with E-state index in [0.29, 0.717) is 6.04 Å². The Kier molecular flexibility index (Phi) is 5.27. The van der Waals surface area contributed by atoms with Crippen molar-refractivity contribution in [3.05, 3.63) is 0 Å². The third-order valence-corrected chi connectivity index (χ3v) is 5.62. The Bertz CT molecular complexity index is 281. The Morgan fingerprint density at radius 2 is 2.16 bits per heavy atom. The van der Waals surface area contributed by atoms with Crippen LogP contribution in [-0.2, 0) is 0 Å². The predicted octanol–water partition coefficient (Wildman–Crippen LogP) is 2.45. The highest BCUT2D eigenvalue weighted by atomic mass is 15.3. The van der Waals surface area contributed by atoms with Gasteiger partial charge < -0.3 is 5.73 Å². The van der Waals surface area contributed by atoms with E-state index in [1.54, 1.807) is 0 Å².